The van der Waals surface area contributed by atoms with E-state index in [9.17, 15) is 24.0 Å². The van der Waals surface area contributed by atoms with Crippen LogP contribution in [0.25, 0.3) is 0 Å². The highest BCUT2D eigenvalue weighted by Gasteiger charge is 2.37. The molecular formula is C13H16BFN2O4. The molecule has 1 aromatic carbocycles. The lowest BCUT2D eigenvalue weighted by Gasteiger charge is -2.24. The van der Waals surface area contributed by atoms with Gasteiger partial charge in [0, 0.05) is 19.2 Å². The Morgan fingerprint density at radius 1 is 1.43 bits per heavy atom. The zero-order valence-corrected chi connectivity index (χ0v) is 11.5. The van der Waals surface area contributed by atoms with Gasteiger partial charge < -0.3 is 20.3 Å². The number of hydrogen-bond acceptors (Lipinski definition) is 4. The zero-order chi connectivity index (χ0) is 15.6. The smallest absolute Gasteiger partial charge is 0.426 e. The van der Waals surface area contributed by atoms with Crippen molar-refractivity contribution in [3.8, 4) is 0 Å². The molecule has 21 heavy (non-hydrogen) atoms. The second kappa shape index (κ2) is 6.23. The van der Waals surface area contributed by atoms with Crippen molar-refractivity contribution >= 4 is 24.6 Å². The number of carbonyl (C=O) groups excluding carboxylic acids is 2. The summed E-state index contributed by atoms with van der Waals surface area (Å²) in [6.45, 7) is 1.66. The van der Waals surface area contributed by atoms with Gasteiger partial charge in [-0.15, -0.1) is 0 Å². The van der Waals surface area contributed by atoms with Gasteiger partial charge >= 0.3 is 7.12 Å². The molecule has 112 valence electrons. The highest BCUT2D eigenvalue weighted by atomic mass is 19.1. The fourth-order valence-corrected chi connectivity index (χ4v) is 2.48. The monoisotopic (exact) mass is 294 g/mol. The average molecular weight is 294 g/mol. The van der Waals surface area contributed by atoms with Crippen LogP contribution in [-0.4, -0.2) is 46.4 Å². The first-order valence-electron chi connectivity index (χ1n) is 6.64. The number of rotatable bonds is 3. The van der Waals surface area contributed by atoms with E-state index in [2.05, 4.69) is 5.32 Å². The van der Waals surface area contributed by atoms with E-state index >= 15 is 0 Å². The van der Waals surface area contributed by atoms with Crippen LogP contribution in [0.4, 0.5) is 10.1 Å². The molecule has 1 aromatic rings. The lowest BCUT2D eigenvalue weighted by atomic mass is 9.78. The third-order valence-corrected chi connectivity index (χ3v) is 3.42. The summed E-state index contributed by atoms with van der Waals surface area (Å²) in [6.07, 6.45) is 1.11. The summed E-state index contributed by atoms with van der Waals surface area (Å²) in [5.41, 5.74) is 0.105. The Morgan fingerprint density at radius 2 is 2.14 bits per heavy atom. The van der Waals surface area contributed by atoms with Crippen LogP contribution in [0.1, 0.15) is 30.1 Å². The first kappa shape index (κ1) is 15.5. The van der Waals surface area contributed by atoms with Crippen LogP contribution < -0.4 is 5.32 Å². The predicted molar refractivity (Wildman–Crippen MR) is 75.0 cm³/mol. The molecule has 3 N–H and O–H groups in total. The number of carbonyl (C=O) groups is 2. The second-order valence-electron chi connectivity index (χ2n) is 5.00. The number of anilines is 1. The molecule has 1 aliphatic heterocycles. The number of hydrogen-bond donors (Lipinski definition) is 3. The topological polar surface area (TPSA) is 89.9 Å². The zero-order valence-electron chi connectivity index (χ0n) is 11.5. The number of nitrogens with zero attached hydrogens (tertiary/aromatic N) is 1. The standard InChI is InChI=1S/C13H16BFN2O4/c1-8(18)16-9-4-5-10(11(15)7-9)13(19)17-6-2-3-12(17)14(20)21/h4-5,7,12,20-21H,2-3,6H2,1H3,(H,16,18). The normalized spacial score (nSPS) is 17.7. The van der Waals surface area contributed by atoms with Crippen molar-refractivity contribution in [2.75, 3.05) is 11.9 Å². The molecule has 2 amide bonds. The minimum absolute atomic E-state index is 0.156. The molecule has 8 heteroatoms. The molecule has 1 saturated heterocycles. The van der Waals surface area contributed by atoms with Crippen molar-refractivity contribution in [3.63, 3.8) is 0 Å². The van der Waals surface area contributed by atoms with Crippen LogP contribution in [0.3, 0.4) is 0 Å². The van der Waals surface area contributed by atoms with E-state index in [1.165, 1.54) is 24.0 Å². The minimum Gasteiger partial charge on any atom is -0.426 e. The molecule has 0 radical (unpaired) electrons. The minimum atomic E-state index is -1.64. The Bertz CT molecular complexity index is 567. The molecule has 6 nitrogen and oxygen atoms in total. The largest absolute Gasteiger partial charge is 0.475 e. The molecule has 1 atom stereocenters. The Kier molecular flexibility index (Phi) is 4.59. The Morgan fingerprint density at radius 3 is 2.71 bits per heavy atom. The van der Waals surface area contributed by atoms with Gasteiger partial charge in [-0.25, -0.2) is 4.39 Å². The highest BCUT2D eigenvalue weighted by molar-refractivity contribution is 6.43. The Balaban J connectivity index is 2.21. The maximum atomic E-state index is 14.0. The van der Waals surface area contributed by atoms with Gasteiger partial charge in [0.05, 0.1) is 11.5 Å². The van der Waals surface area contributed by atoms with Gasteiger partial charge in [0.1, 0.15) is 5.82 Å². The van der Waals surface area contributed by atoms with Gasteiger partial charge in [-0.05, 0) is 31.0 Å². The van der Waals surface area contributed by atoms with E-state index in [-0.39, 0.29) is 17.2 Å². The SMILES string of the molecule is CC(=O)Nc1ccc(C(=O)N2CCCC2B(O)O)c(F)c1. The molecule has 1 unspecified atom stereocenters. The third kappa shape index (κ3) is 3.40. The number of amides is 2. The summed E-state index contributed by atoms with van der Waals surface area (Å²) >= 11 is 0. The van der Waals surface area contributed by atoms with Gasteiger partial charge in [0.2, 0.25) is 5.91 Å². The van der Waals surface area contributed by atoms with Crippen molar-refractivity contribution < 1.29 is 24.0 Å². The van der Waals surface area contributed by atoms with Gasteiger partial charge in [0.15, 0.2) is 0 Å². The number of benzene rings is 1. The molecule has 0 saturated carbocycles. The summed E-state index contributed by atoms with van der Waals surface area (Å²) in [6, 6.07) is 3.77. The molecule has 2 rings (SSSR count). The van der Waals surface area contributed by atoms with Gasteiger partial charge in [-0.2, -0.15) is 0 Å². The van der Waals surface area contributed by atoms with Crippen molar-refractivity contribution in [1.82, 2.24) is 4.90 Å². The van der Waals surface area contributed by atoms with E-state index in [1.807, 2.05) is 0 Å². The Labute approximate surface area is 121 Å². The molecule has 1 aliphatic rings. The predicted octanol–water partition coefficient (Wildman–Crippen LogP) is 0.401. The molecule has 1 fully saturated rings. The Hall–Kier alpha value is -1.93. The summed E-state index contributed by atoms with van der Waals surface area (Å²) in [5.74, 6) is -2.40. The van der Waals surface area contributed by atoms with Crippen LogP contribution in [0, 0.1) is 5.82 Å². The molecule has 0 bridgehead atoms. The number of halogens is 1. The summed E-state index contributed by atoms with van der Waals surface area (Å²) in [5, 5.41) is 20.9. The van der Waals surface area contributed by atoms with Gasteiger partial charge in [-0.1, -0.05) is 0 Å². The fraction of sp³-hybridized carbons (Fsp3) is 0.385. The first-order valence-corrected chi connectivity index (χ1v) is 6.64. The average Bonchev–Trinajstić information content (AvgIpc) is 2.86. The van der Waals surface area contributed by atoms with Crippen LogP contribution in [-0.2, 0) is 4.79 Å². The van der Waals surface area contributed by atoms with Gasteiger partial charge in [0.25, 0.3) is 5.91 Å². The van der Waals surface area contributed by atoms with E-state index in [0.29, 0.717) is 19.4 Å². The fourth-order valence-electron chi connectivity index (χ4n) is 2.48. The number of nitrogens with one attached hydrogen (secondary N) is 1. The van der Waals surface area contributed by atoms with Crippen LogP contribution in [0.15, 0.2) is 18.2 Å². The van der Waals surface area contributed by atoms with Gasteiger partial charge in [-0.3, -0.25) is 9.59 Å². The van der Waals surface area contributed by atoms with Crippen LogP contribution in [0.5, 0.6) is 0 Å². The number of likely N-dealkylation sites (tertiary alicyclic amines) is 1. The summed E-state index contributed by atoms with van der Waals surface area (Å²) in [4.78, 5) is 24.5. The third-order valence-electron chi connectivity index (χ3n) is 3.42. The van der Waals surface area contributed by atoms with Crippen molar-refractivity contribution in [2.24, 2.45) is 0 Å². The van der Waals surface area contributed by atoms with Crippen molar-refractivity contribution in [1.29, 1.82) is 0 Å². The summed E-state index contributed by atoms with van der Waals surface area (Å²) < 4.78 is 14.0. The van der Waals surface area contributed by atoms with Crippen molar-refractivity contribution in [2.45, 2.75) is 25.7 Å². The maximum absolute atomic E-state index is 14.0. The maximum Gasteiger partial charge on any atom is 0.475 e. The van der Waals surface area contributed by atoms with Crippen LogP contribution in [0.2, 0.25) is 0 Å². The lowest BCUT2D eigenvalue weighted by molar-refractivity contribution is -0.114. The lowest BCUT2D eigenvalue weighted by Crippen LogP contribution is -2.45. The molecule has 0 aliphatic carbocycles. The molecule has 1 heterocycles. The van der Waals surface area contributed by atoms with E-state index in [0.717, 1.165) is 6.07 Å². The molecule has 0 spiro atoms. The molecule has 0 aromatic heterocycles. The first-order chi connectivity index (χ1) is 9.90. The second-order valence-corrected chi connectivity index (χ2v) is 5.00. The van der Waals surface area contributed by atoms with E-state index in [1.54, 1.807) is 0 Å². The summed E-state index contributed by atoms with van der Waals surface area (Å²) in [7, 11) is -1.64. The van der Waals surface area contributed by atoms with E-state index in [4.69, 9.17) is 0 Å². The quantitative estimate of drug-likeness (QED) is 0.704. The van der Waals surface area contributed by atoms with Crippen molar-refractivity contribution in [3.05, 3.63) is 29.6 Å². The highest BCUT2D eigenvalue weighted by Crippen LogP contribution is 2.23. The van der Waals surface area contributed by atoms with E-state index < -0.39 is 24.8 Å². The van der Waals surface area contributed by atoms with Crippen LogP contribution >= 0.6 is 0 Å². The molecular weight excluding hydrogens is 278 g/mol.